The highest BCUT2D eigenvalue weighted by atomic mass is 35.5. The SMILES string of the molecule is CC(C)OCCS(=O)(=O)Nc1ccc(C(N)=S)cc1Cl. The molecule has 0 saturated carbocycles. The minimum absolute atomic E-state index is 0.0151. The van der Waals surface area contributed by atoms with Crippen LogP contribution in [0.4, 0.5) is 5.69 Å². The molecule has 0 radical (unpaired) electrons. The van der Waals surface area contributed by atoms with E-state index >= 15 is 0 Å². The van der Waals surface area contributed by atoms with E-state index in [9.17, 15) is 8.42 Å². The van der Waals surface area contributed by atoms with Crippen LogP contribution in [0.5, 0.6) is 0 Å². The van der Waals surface area contributed by atoms with Crippen molar-refractivity contribution in [3.63, 3.8) is 0 Å². The molecule has 0 aliphatic heterocycles. The zero-order valence-electron chi connectivity index (χ0n) is 11.2. The molecule has 0 aliphatic rings. The van der Waals surface area contributed by atoms with Crippen molar-refractivity contribution in [2.45, 2.75) is 20.0 Å². The summed E-state index contributed by atoms with van der Waals surface area (Å²) in [6.07, 6.45) is -0.0151. The van der Waals surface area contributed by atoms with Gasteiger partial charge in [0.1, 0.15) is 4.99 Å². The first-order valence-electron chi connectivity index (χ1n) is 5.93. The van der Waals surface area contributed by atoms with E-state index in [1.807, 2.05) is 13.8 Å². The van der Waals surface area contributed by atoms with Gasteiger partial charge >= 0.3 is 0 Å². The molecule has 112 valence electrons. The van der Waals surface area contributed by atoms with Gasteiger partial charge in [-0.3, -0.25) is 4.72 Å². The molecule has 1 rings (SSSR count). The summed E-state index contributed by atoms with van der Waals surface area (Å²) in [5.74, 6) is -0.140. The van der Waals surface area contributed by atoms with Gasteiger partial charge in [0, 0.05) is 5.56 Å². The van der Waals surface area contributed by atoms with Gasteiger partial charge in [-0.1, -0.05) is 23.8 Å². The molecule has 0 spiro atoms. The molecule has 1 aromatic rings. The van der Waals surface area contributed by atoms with E-state index in [-0.39, 0.29) is 34.2 Å². The summed E-state index contributed by atoms with van der Waals surface area (Å²) in [6, 6.07) is 4.65. The largest absolute Gasteiger partial charge is 0.389 e. The lowest BCUT2D eigenvalue weighted by Crippen LogP contribution is -2.21. The Balaban J connectivity index is 2.75. The van der Waals surface area contributed by atoms with E-state index < -0.39 is 10.0 Å². The second-order valence-electron chi connectivity index (χ2n) is 4.40. The van der Waals surface area contributed by atoms with Gasteiger partial charge in [0.25, 0.3) is 0 Å². The minimum Gasteiger partial charge on any atom is -0.389 e. The maximum absolute atomic E-state index is 11.9. The van der Waals surface area contributed by atoms with Crippen molar-refractivity contribution < 1.29 is 13.2 Å². The molecule has 3 N–H and O–H groups in total. The number of nitrogens with two attached hydrogens (primary N) is 1. The highest BCUT2D eigenvalue weighted by Gasteiger charge is 2.13. The molecular weight excluding hydrogens is 320 g/mol. The standard InChI is InChI=1S/C12H17ClN2O3S2/c1-8(2)18-5-6-20(16,17)15-11-4-3-9(12(14)19)7-10(11)13/h3-4,7-8,15H,5-6H2,1-2H3,(H2,14,19). The number of hydrogen-bond donors (Lipinski definition) is 2. The van der Waals surface area contributed by atoms with Crippen LogP contribution >= 0.6 is 23.8 Å². The number of nitrogens with one attached hydrogen (secondary N) is 1. The summed E-state index contributed by atoms with van der Waals surface area (Å²) in [5.41, 5.74) is 6.34. The Morgan fingerprint density at radius 3 is 2.65 bits per heavy atom. The van der Waals surface area contributed by atoms with Crippen molar-refractivity contribution in [3.05, 3.63) is 28.8 Å². The number of hydrogen-bond acceptors (Lipinski definition) is 4. The minimum atomic E-state index is -3.51. The molecule has 0 aliphatic carbocycles. The average Bonchev–Trinajstić information content (AvgIpc) is 2.30. The Morgan fingerprint density at radius 1 is 1.50 bits per heavy atom. The van der Waals surface area contributed by atoms with E-state index in [2.05, 4.69) is 4.72 Å². The van der Waals surface area contributed by atoms with E-state index in [0.717, 1.165) is 0 Å². The second kappa shape index (κ2) is 7.21. The molecule has 1 aromatic carbocycles. The van der Waals surface area contributed by atoms with Crippen molar-refractivity contribution in [1.29, 1.82) is 0 Å². The van der Waals surface area contributed by atoms with Crippen LogP contribution in [0.1, 0.15) is 19.4 Å². The highest BCUT2D eigenvalue weighted by Crippen LogP contribution is 2.24. The Labute approximate surface area is 129 Å². The fourth-order valence-electron chi connectivity index (χ4n) is 1.36. The monoisotopic (exact) mass is 336 g/mol. The first-order chi connectivity index (χ1) is 9.21. The molecule has 0 amide bonds. The number of ether oxygens (including phenoxy) is 1. The predicted octanol–water partition coefficient (Wildman–Crippen LogP) is 2.14. The van der Waals surface area contributed by atoms with Crippen molar-refractivity contribution in [2.75, 3.05) is 17.1 Å². The van der Waals surface area contributed by atoms with Crippen LogP contribution in [-0.4, -0.2) is 31.9 Å². The third-order valence-electron chi connectivity index (χ3n) is 2.32. The van der Waals surface area contributed by atoms with Crippen LogP contribution in [0, 0.1) is 0 Å². The summed E-state index contributed by atoms with van der Waals surface area (Å²) < 4.78 is 31.3. The zero-order chi connectivity index (χ0) is 15.3. The zero-order valence-corrected chi connectivity index (χ0v) is 13.6. The molecule has 0 atom stereocenters. The number of benzene rings is 1. The molecule has 0 heterocycles. The third kappa shape index (κ3) is 5.62. The van der Waals surface area contributed by atoms with Gasteiger partial charge in [-0.15, -0.1) is 0 Å². The number of halogens is 1. The fraction of sp³-hybridized carbons (Fsp3) is 0.417. The summed E-state index contributed by atoms with van der Waals surface area (Å²) in [7, 11) is -3.51. The van der Waals surface area contributed by atoms with Gasteiger partial charge in [0.15, 0.2) is 0 Å². The van der Waals surface area contributed by atoms with Crippen molar-refractivity contribution in [2.24, 2.45) is 5.73 Å². The summed E-state index contributed by atoms with van der Waals surface area (Å²) >= 11 is 10.8. The van der Waals surface area contributed by atoms with Gasteiger partial charge in [-0.2, -0.15) is 0 Å². The second-order valence-corrected chi connectivity index (χ2v) is 7.09. The van der Waals surface area contributed by atoms with Gasteiger partial charge < -0.3 is 10.5 Å². The molecule has 0 unspecified atom stereocenters. The normalized spacial score (nSPS) is 11.6. The molecule has 8 heteroatoms. The maximum atomic E-state index is 11.9. The van der Waals surface area contributed by atoms with Gasteiger partial charge in [-0.05, 0) is 32.0 Å². The number of rotatable bonds is 7. The average molecular weight is 337 g/mol. The fourth-order valence-corrected chi connectivity index (χ4v) is 2.70. The van der Waals surface area contributed by atoms with E-state index in [1.165, 1.54) is 12.1 Å². The Morgan fingerprint density at radius 2 is 2.15 bits per heavy atom. The summed E-state index contributed by atoms with van der Waals surface area (Å²) in [5, 5.41) is 0.239. The molecule has 0 saturated heterocycles. The molecular formula is C12H17ClN2O3S2. The Bertz CT molecular complexity index is 588. The van der Waals surface area contributed by atoms with Crippen LogP contribution in [0.15, 0.2) is 18.2 Å². The lowest BCUT2D eigenvalue weighted by atomic mass is 10.2. The van der Waals surface area contributed by atoms with Crippen LogP contribution < -0.4 is 10.5 Å². The quantitative estimate of drug-likeness (QED) is 0.745. The van der Waals surface area contributed by atoms with E-state index in [1.54, 1.807) is 6.07 Å². The molecule has 0 aromatic heterocycles. The smallest absolute Gasteiger partial charge is 0.235 e. The lowest BCUT2D eigenvalue weighted by Gasteiger charge is -2.12. The van der Waals surface area contributed by atoms with Crippen molar-refractivity contribution >= 4 is 44.5 Å². The molecule has 0 bridgehead atoms. The maximum Gasteiger partial charge on any atom is 0.235 e. The van der Waals surface area contributed by atoms with Crippen LogP contribution in [-0.2, 0) is 14.8 Å². The van der Waals surface area contributed by atoms with Crippen LogP contribution in [0.2, 0.25) is 5.02 Å². The van der Waals surface area contributed by atoms with Crippen LogP contribution in [0.3, 0.4) is 0 Å². The van der Waals surface area contributed by atoms with Crippen molar-refractivity contribution in [3.8, 4) is 0 Å². The topological polar surface area (TPSA) is 81.4 Å². The van der Waals surface area contributed by atoms with Crippen molar-refractivity contribution in [1.82, 2.24) is 0 Å². The predicted molar refractivity (Wildman–Crippen MR) is 85.8 cm³/mol. The van der Waals surface area contributed by atoms with E-state index in [4.69, 9.17) is 34.3 Å². The lowest BCUT2D eigenvalue weighted by molar-refractivity contribution is 0.0913. The summed E-state index contributed by atoms with van der Waals surface area (Å²) in [4.78, 5) is 0.201. The third-order valence-corrected chi connectivity index (χ3v) is 4.11. The Hall–Kier alpha value is -0.890. The van der Waals surface area contributed by atoms with Gasteiger partial charge in [0.2, 0.25) is 10.0 Å². The molecule has 20 heavy (non-hydrogen) atoms. The molecule has 5 nitrogen and oxygen atoms in total. The Kier molecular flexibility index (Phi) is 6.19. The number of anilines is 1. The first kappa shape index (κ1) is 17.2. The number of thiocarbonyl (C=S) groups is 1. The summed E-state index contributed by atoms with van der Waals surface area (Å²) in [6.45, 7) is 3.80. The molecule has 0 fully saturated rings. The van der Waals surface area contributed by atoms with Crippen LogP contribution in [0.25, 0.3) is 0 Å². The van der Waals surface area contributed by atoms with Gasteiger partial charge in [0.05, 0.1) is 29.2 Å². The van der Waals surface area contributed by atoms with Gasteiger partial charge in [-0.25, -0.2) is 8.42 Å². The van der Waals surface area contributed by atoms with E-state index in [0.29, 0.717) is 5.56 Å². The highest BCUT2D eigenvalue weighted by molar-refractivity contribution is 7.92. The first-order valence-corrected chi connectivity index (χ1v) is 8.36. The number of sulfonamides is 1.